The van der Waals surface area contributed by atoms with E-state index in [1.165, 1.54) is 36.8 Å². The third-order valence-electron chi connectivity index (χ3n) is 8.05. The monoisotopic (exact) mass is 472 g/mol. The predicted octanol–water partition coefficient (Wildman–Crippen LogP) is 6.50. The molecule has 1 aromatic carbocycles. The molecule has 35 heavy (non-hydrogen) atoms. The van der Waals surface area contributed by atoms with Gasteiger partial charge in [-0.2, -0.15) is 0 Å². The molecule has 1 fully saturated rings. The summed E-state index contributed by atoms with van der Waals surface area (Å²) in [5, 5.41) is 23.6. The Labute approximate surface area is 210 Å². The molecule has 3 aliphatic rings. The maximum Gasteiger partial charge on any atom is 0.151 e. The van der Waals surface area contributed by atoms with Crippen molar-refractivity contribution in [1.82, 2.24) is 15.5 Å². The Balaban J connectivity index is 1.38. The number of nitrogens with one attached hydrogen (secondary N) is 1. The lowest BCUT2D eigenvalue weighted by Crippen LogP contribution is -2.62. The zero-order valence-electron chi connectivity index (χ0n) is 21.9. The molecule has 2 heterocycles. The van der Waals surface area contributed by atoms with Crippen LogP contribution in [0.1, 0.15) is 78.2 Å². The van der Waals surface area contributed by atoms with E-state index >= 15 is 0 Å². The number of piperidine rings is 1. The van der Waals surface area contributed by atoms with E-state index in [0.29, 0.717) is 17.7 Å². The Morgan fingerprint density at radius 2 is 1.74 bits per heavy atom. The van der Waals surface area contributed by atoms with Crippen molar-refractivity contribution in [3.05, 3.63) is 53.6 Å². The number of aromatic hydroxyl groups is 1. The second-order valence-electron chi connectivity index (χ2n) is 12.0. The van der Waals surface area contributed by atoms with Crippen LogP contribution in [0.4, 0.5) is 5.82 Å². The second-order valence-corrected chi connectivity index (χ2v) is 12.0. The fraction of sp³-hybridized carbons (Fsp3) is 0.533. The van der Waals surface area contributed by atoms with E-state index < -0.39 is 0 Å². The van der Waals surface area contributed by atoms with E-state index in [4.69, 9.17) is 0 Å². The molecule has 1 aliphatic heterocycles. The SMILES string of the molecule is CN(c1ccc(-c2cc(C3=CCCC3C3=CCCC3)ccc2O)nn1)C1CC(C)(C)NC(C)(C)C1. The van der Waals surface area contributed by atoms with E-state index in [-0.39, 0.29) is 16.8 Å². The van der Waals surface area contributed by atoms with Crippen molar-refractivity contribution in [2.75, 3.05) is 11.9 Å². The lowest BCUT2D eigenvalue weighted by Gasteiger charge is -2.49. The predicted molar refractivity (Wildman–Crippen MR) is 144 cm³/mol. The van der Waals surface area contributed by atoms with Gasteiger partial charge in [-0.1, -0.05) is 23.8 Å². The number of anilines is 1. The van der Waals surface area contributed by atoms with Crippen LogP contribution in [-0.2, 0) is 0 Å². The van der Waals surface area contributed by atoms with Gasteiger partial charge in [0.2, 0.25) is 0 Å². The molecule has 1 atom stereocenters. The number of nitrogens with zero attached hydrogens (tertiary/aromatic N) is 3. The van der Waals surface area contributed by atoms with Gasteiger partial charge in [0.25, 0.3) is 0 Å². The zero-order valence-corrected chi connectivity index (χ0v) is 21.9. The average Bonchev–Trinajstić information content (AvgIpc) is 3.49. The van der Waals surface area contributed by atoms with Crippen LogP contribution >= 0.6 is 0 Å². The molecule has 5 heteroatoms. The van der Waals surface area contributed by atoms with Gasteiger partial charge < -0.3 is 15.3 Å². The minimum Gasteiger partial charge on any atom is -0.507 e. The van der Waals surface area contributed by atoms with Gasteiger partial charge in [0.1, 0.15) is 5.75 Å². The first-order valence-corrected chi connectivity index (χ1v) is 13.2. The molecular weight excluding hydrogens is 432 g/mol. The molecular formula is C30H40N4O. The zero-order chi connectivity index (χ0) is 24.8. The Hall–Kier alpha value is -2.66. The maximum absolute atomic E-state index is 10.7. The van der Waals surface area contributed by atoms with E-state index in [9.17, 15) is 5.11 Å². The highest BCUT2D eigenvalue weighted by Crippen LogP contribution is 2.44. The number of hydrogen-bond acceptors (Lipinski definition) is 5. The van der Waals surface area contributed by atoms with Gasteiger partial charge in [-0.25, -0.2) is 0 Å². The molecule has 1 aromatic heterocycles. The average molecular weight is 473 g/mol. The highest BCUT2D eigenvalue weighted by atomic mass is 16.3. The molecule has 0 radical (unpaired) electrons. The molecule has 2 aliphatic carbocycles. The van der Waals surface area contributed by atoms with Crippen LogP contribution in [0.3, 0.4) is 0 Å². The molecule has 186 valence electrons. The fourth-order valence-corrected chi connectivity index (χ4v) is 6.73. The molecule has 5 rings (SSSR count). The number of phenols is 1. The second kappa shape index (κ2) is 9.09. The lowest BCUT2D eigenvalue weighted by atomic mass is 9.79. The van der Waals surface area contributed by atoms with Gasteiger partial charge >= 0.3 is 0 Å². The van der Waals surface area contributed by atoms with Gasteiger partial charge in [0, 0.05) is 35.6 Å². The maximum atomic E-state index is 10.7. The Bertz CT molecular complexity index is 1130. The van der Waals surface area contributed by atoms with E-state index in [1.807, 2.05) is 18.2 Å². The smallest absolute Gasteiger partial charge is 0.151 e. The number of benzene rings is 1. The van der Waals surface area contributed by atoms with Crippen LogP contribution in [0.5, 0.6) is 5.75 Å². The molecule has 1 saturated heterocycles. The molecule has 0 amide bonds. The van der Waals surface area contributed by atoms with Gasteiger partial charge in [0.05, 0.1) is 5.69 Å². The third kappa shape index (κ3) is 5.02. The van der Waals surface area contributed by atoms with Crippen molar-refractivity contribution in [3.63, 3.8) is 0 Å². The summed E-state index contributed by atoms with van der Waals surface area (Å²) < 4.78 is 0. The number of rotatable bonds is 5. The first-order chi connectivity index (χ1) is 16.6. The Morgan fingerprint density at radius 3 is 2.40 bits per heavy atom. The van der Waals surface area contributed by atoms with Crippen LogP contribution < -0.4 is 10.2 Å². The van der Waals surface area contributed by atoms with Crippen molar-refractivity contribution >= 4 is 11.4 Å². The van der Waals surface area contributed by atoms with Gasteiger partial charge in [-0.05, 0) is 108 Å². The number of phenolic OH excluding ortho intramolecular Hbond substituents is 1. The van der Waals surface area contributed by atoms with Gasteiger partial charge in [0.15, 0.2) is 5.82 Å². The van der Waals surface area contributed by atoms with Crippen molar-refractivity contribution < 1.29 is 5.11 Å². The summed E-state index contributed by atoms with van der Waals surface area (Å²) in [6, 6.07) is 10.4. The quantitative estimate of drug-likeness (QED) is 0.487. The van der Waals surface area contributed by atoms with Crippen molar-refractivity contribution in [1.29, 1.82) is 0 Å². The molecule has 2 N–H and O–H groups in total. The summed E-state index contributed by atoms with van der Waals surface area (Å²) in [7, 11) is 2.12. The van der Waals surface area contributed by atoms with Crippen molar-refractivity contribution in [3.8, 4) is 17.0 Å². The largest absolute Gasteiger partial charge is 0.507 e. The van der Waals surface area contributed by atoms with Crippen LogP contribution in [0.2, 0.25) is 0 Å². The lowest BCUT2D eigenvalue weighted by molar-refractivity contribution is 0.160. The Morgan fingerprint density at radius 1 is 0.971 bits per heavy atom. The number of allylic oxidation sites excluding steroid dienone is 4. The first-order valence-electron chi connectivity index (χ1n) is 13.2. The molecule has 2 aromatic rings. The highest BCUT2D eigenvalue weighted by molar-refractivity contribution is 5.78. The number of aromatic nitrogens is 2. The standard InChI is InChI=1S/C30H40N4O/c1-29(2)18-22(19-30(3,4)33-29)34(5)28-16-14-26(31-32-28)25-17-21(13-15-27(25)35)24-12-8-11-23(24)20-9-6-7-10-20/h9,12-17,22-23,33,35H,6-8,10-11,18-19H2,1-5H3. The summed E-state index contributed by atoms with van der Waals surface area (Å²) in [6.07, 6.45) is 12.9. The topological polar surface area (TPSA) is 61.3 Å². The molecule has 0 bridgehead atoms. The first kappa shape index (κ1) is 24.1. The minimum atomic E-state index is 0.0710. The van der Waals surface area contributed by atoms with E-state index in [0.717, 1.165) is 30.6 Å². The fourth-order valence-electron chi connectivity index (χ4n) is 6.73. The van der Waals surface area contributed by atoms with Crippen LogP contribution in [0.15, 0.2) is 48.1 Å². The summed E-state index contributed by atoms with van der Waals surface area (Å²) in [5.74, 6) is 1.64. The van der Waals surface area contributed by atoms with Crippen molar-refractivity contribution in [2.45, 2.75) is 89.8 Å². The van der Waals surface area contributed by atoms with Crippen LogP contribution in [-0.4, -0.2) is 39.5 Å². The number of hydrogen-bond donors (Lipinski definition) is 2. The molecule has 5 nitrogen and oxygen atoms in total. The summed E-state index contributed by atoms with van der Waals surface area (Å²) in [6.45, 7) is 9.08. The summed E-state index contributed by atoms with van der Waals surface area (Å²) in [5.41, 5.74) is 5.79. The molecule has 0 saturated carbocycles. The normalized spacial score (nSPS) is 23.7. The van der Waals surface area contributed by atoms with Gasteiger partial charge in [-0.15, -0.1) is 10.2 Å². The van der Waals surface area contributed by atoms with Gasteiger partial charge in [-0.3, -0.25) is 0 Å². The third-order valence-corrected chi connectivity index (χ3v) is 8.05. The minimum absolute atomic E-state index is 0.0710. The van der Waals surface area contributed by atoms with Crippen LogP contribution in [0.25, 0.3) is 16.8 Å². The molecule has 0 spiro atoms. The van der Waals surface area contributed by atoms with Crippen molar-refractivity contribution in [2.24, 2.45) is 5.92 Å². The van der Waals surface area contributed by atoms with E-state index in [2.05, 4.69) is 79.4 Å². The summed E-state index contributed by atoms with van der Waals surface area (Å²) in [4.78, 5) is 2.26. The van der Waals surface area contributed by atoms with Crippen LogP contribution in [0, 0.1) is 5.92 Å². The Kier molecular flexibility index (Phi) is 6.25. The molecule has 1 unspecified atom stereocenters. The highest BCUT2D eigenvalue weighted by Gasteiger charge is 2.39. The van der Waals surface area contributed by atoms with E-state index in [1.54, 1.807) is 5.57 Å². The summed E-state index contributed by atoms with van der Waals surface area (Å²) >= 11 is 0.